The van der Waals surface area contributed by atoms with Gasteiger partial charge in [0.2, 0.25) is 0 Å². The highest BCUT2D eigenvalue weighted by Gasteiger charge is 2.39. The van der Waals surface area contributed by atoms with E-state index in [1.165, 1.54) is 23.1 Å². The van der Waals surface area contributed by atoms with Crippen molar-refractivity contribution < 1.29 is 18.3 Å². The molecule has 0 bridgehead atoms. The molecule has 2 rings (SSSR count). The van der Waals surface area contributed by atoms with Gasteiger partial charge in [-0.1, -0.05) is 6.07 Å². The van der Waals surface area contributed by atoms with Gasteiger partial charge in [0.1, 0.15) is 5.56 Å². The number of anilines is 2. The first-order valence-corrected chi connectivity index (χ1v) is 4.78. The van der Waals surface area contributed by atoms with Crippen molar-refractivity contribution in [1.82, 2.24) is 0 Å². The van der Waals surface area contributed by atoms with Crippen LogP contribution in [0.1, 0.15) is 5.56 Å². The molecule has 0 saturated carbocycles. The Balaban J connectivity index is 2.41. The van der Waals surface area contributed by atoms with E-state index in [9.17, 15) is 13.2 Å². The molecule has 1 saturated heterocycles. The van der Waals surface area contributed by atoms with Crippen LogP contribution in [0.25, 0.3) is 0 Å². The lowest BCUT2D eigenvalue weighted by molar-refractivity contribution is -0.136. The van der Waals surface area contributed by atoms with Crippen LogP contribution in [0, 0.1) is 0 Å². The lowest BCUT2D eigenvalue weighted by Gasteiger charge is -2.39. The largest absolute Gasteiger partial charge is 0.420 e. The average molecular weight is 232 g/mol. The number of halogens is 3. The lowest BCUT2D eigenvalue weighted by Crippen LogP contribution is -2.51. The minimum atomic E-state index is -4.47. The number of nitrogen functional groups attached to an aromatic ring is 1. The third kappa shape index (κ3) is 1.80. The fraction of sp³-hybridized carbons (Fsp3) is 0.400. The quantitative estimate of drug-likeness (QED) is 0.721. The third-order valence-electron chi connectivity index (χ3n) is 2.56. The van der Waals surface area contributed by atoms with Gasteiger partial charge < -0.3 is 15.7 Å². The van der Waals surface area contributed by atoms with Crippen LogP contribution in [0.15, 0.2) is 18.2 Å². The normalized spacial score (nSPS) is 17.4. The van der Waals surface area contributed by atoms with Gasteiger partial charge in [0.25, 0.3) is 0 Å². The first kappa shape index (κ1) is 11.1. The molecule has 0 unspecified atom stereocenters. The van der Waals surface area contributed by atoms with E-state index in [1.807, 2.05) is 0 Å². The molecule has 1 aliphatic heterocycles. The predicted octanol–water partition coefficient (Wildman–Crippen LogP) is 1.47. The number of hydrogen-bond donors (Lipinski definition) is 2. The Morgan fingerprint density at radius 2 is 1.94 bits per heavy atom. The van der Waals surface area contributed by atoms with Crippen molar-refractivity contribution in [2.24, 2.45) is 0 Å². The van der Waals surface area contributed by atoms with Gasteiger partial charge in [-0.2, -0.15) is 13.2 Å². The highest BCUT2D eigenvalue weighted by molar-refractivity contribution is 5.67. The molecule has 1 heterocycles. The van der Waals surface area contributed by atoms with Gasteiger partial charge in [-0.15, -0.1) is 0 Å². The molecule has 0 amide bonds. The molecule has 0 aromatic heterocycles. The van der Waals surface area contributed by atoms with Crippen LogP contribution in [-0.2, 0) is 6.18 Å². The van der Waals surface area contributed by atoms with Gasteiger partial charge >= 0.3 is 6.18 Å². The Hall–Kier alpha value is -1.43. The maximum absolute atomic E-state index is 12.8. The summed E-state index contributed by atoms with van der Waals surface area (Å²) in [6, 6.07) is 4.07. The number of rotatable bonds is 1. The minimum Gasteiger partial charge on any atom is -0.398 e. The maximum Gasteiger partial charge on any atom is 0.420 e. The van der Waals surface area contributed by atoms with Gasteiger partial charge in [0, 0.05) is 18.8 Å². The zero-order valence-corrected chi connectivity index (χ0v) is 8.33. The molecular formula is C10H11F3N2O. The number of aliphatic hydroxyl groups excluding tert-OH is 1. The second-order valence-electron chi connectivity index (χ2n) is 3.80. The molecule has 0 radical (unpaired) electrons. The summed E-state index contributed by atoms with van der Waals surface area (Å²) >= 11 is 0. The molecule has 0 atom stereocenters. The van der Waals surface area contributed by atoms with Crippen LogP contribution < -0.4 is 10.6 Å². The Bertz CT molecular complexity index is 400. The molecule has 3 N–H and O–H groups in total. The highest BCUT2D eigenvalue weighted by Crippen LogP contribution is 2.41. The van der Waals surface area contributed by atoms with Crippen LogP contribution in [0.2, 0.25) is 0 Å². The second-order valence-corrected chi connectivity index (χ2v) is 3.80. The van der Waals surface area contributed by atoms with Crippen molar-refractivity contribution in [3.8, 4) is 0 Å². The Morgan fingerprint density at radius 3 is 2.44 bits per heavy atom. The SMILES string of the molecule is Nc1cccc(N2CC(O)C2)c1C(F)(F)F. The van der Waals surface area contributed by atoms with E-state index in [-0.39, 0.29) is 24.5 Å². The van der Waals surface area contributed by atoms with Crippen LogP contribution in [0.3, 0.4) is 0 Å². The molecule has 16 heavy (non-hydrogen) atoms. The molecule has 1 aromatic rings. The van der Waals surface area contributed by atoms with E-state index >= 15 is 0 Å². The first-order valence-electron chi connectivity index (χ1n) is 4.78. The van der Waals surface area contributed by atoms with Crippen molar-refractivity contribution in [2.75, 3.05) is 23.7 Å². The number of aliphatic hydroxyl groups is 1. The topological polar surface area (TPSA) is 49.5 Å². The highest BCUT2D eigenvalue weighted by atomic mass is 19.4. The minimum absolute atomic E-state index is 0.0396. The molecule has 0 aliphatic carbocycles. The second kappa shape index (κ2) is 3.55. The smallest absolute Gasteiger partial charge is 0.398 e. The number of nitrogens with zero attached hydrogens (tertiary/aromatic N) is 1. The first-order chi connectivity index (χ1) is 7.39. The van der Waals surface area contributed by atoms with Gasteiger partial charge in [-0.25, -0.2) is 0 Å². The molecule has 6 heteroatoms. The zero-order chi connectivity index (χ0) is 11.9. The summed E-state index contributed by atoms with van der Waals surface area (Å²) in [6.07, 6.45) is -5.02. The monoisotopic (exact) mass is 232 g/mol. The summed E-state index contributed by atoms with van der Waals surface area (Å²) in [5, 5.41) is 9.09. The molecule has 88 valence electrons. The number of alkyl halides is 3. The number of benzene rings is 1. The zero-order valence-electron chi connectivity index (χ0n) is 8.33. The van der Waals surface area contributed by atoms with Gasteiger partial charge in [-0.3, -0.25) is 0 Å². The van der Waals surface area contributed by atoms with Gasteiger partial charge in [0.15, 0.2) is 0 Å². The molecule has 3 nitrogen and oxygen atoms in total. The summed E-state index contributed by atoms with van der Waals surface area (Å²) < 4.78 is 38.3. The number of nitrogens with two attached hydrogens (primary N) is 1. The van der Waals surface area contributed by atoms with Crippen LogP contribution in [0.4, 0.5) is 24.5 Å². The number of hydrogen-bond acceptors (Lipinski definition) is 3. The van der Waals surface area contributed by atoms with Crippen LogP contribution >= 0.6 is 0 Å². The molecule has 1 aliphatic rings. The van der Waals surface area contributed by atoms with E-state index in [1.54, 1.807) is 0 Å². The van der Waals surface area contributed by atoms with Gasteiger partial charge in [0.05, 0.1) is 11.8 Å². The van der Waals surface area contributed by atoms with E-state index in [0.717, 1.165) is 0 Å². The molecular weight excluding hydrogens is 221 g/mol. The predicted molar refractivity (Wildman–Crippen MR) is 54.1 cm³/mol. The Kier molecular flexibility index (Phi) is 2.46. The summed E-state index contributed by atoms with van der Waals surface area (Å²) in [5.41, 5.74) is 4.29. The van der Waals surface area contributed by atoms with Crippen molar-refractivity contribution in [3.63, 3.8) is 0 Å². The summed E-state index contributed by atoms with van der Waals surface area (Å²) in [4.78, 5) is 1.46. The van der Waals surface area contributed by atoms with Crippen molar-refractivity contribution in [2.45, 2.75) is 12.3 Å². The van der Waals surface area contributed by atoms with E-state index in [2.05, 4.69) is 0 Å². The summed E-state index contributed by atoms with van der Waals surface area (Å²) in [6.45, 7) is 0.430. The Morgan fingerprint density at radius 1 is 1.31 bits per heavy atom. The van der Waals surface area contributed by atoms with Crippen molar-refractivity contribution in [1.29, 1.82) is 0 Å². The lowest BCUT2D eigenvalue weighted by atomic mass is 10.0. The molecule has 1 aromatic carbocycles. The van der Waals surface area contributed by atoms with Gasteiger partial charge in [-0.05, 0) is 12.1 Å². The Labute approximate surface area is 90.3 Å². The number of β-amino-alcohol motifs (C(OH)–C–C–N with tert-alkyl or cyclic N) is 1. The standard InChI is InChI=1S/C10H11F3N2O/c11-10(12,13)9-7(14)2-1-3-8(9)15-4-6(16)5-15/h1-3,6,16H,4-5,14H2. The van der Waals surface area contributed by atoms with Crippen molar-refractivity contribution >= 4 is 11.4 Å². The van der Waals surface area contributed by atoms with E-state index in [0.29, 0.717) is 0 Å². The van der Waals surface area contributed by atoms with Crippen LogP contribution in [-0.4, -0.2) is 24.3 Å². The van der Waals surface area contributed by atoms with E-state index in [4.69, 9.17) is 10.8 Å². The third-order valence-corrected chi connectivity index (χ3v) is 2.56. The van der Waals surface area contributed by atoms with Crippen molar-refractivity contribution in [3.05, 3.63) is 23.8 Å². The van der Waals surface area contributed by atoms with E-state index < -0.39 is 17.8 Å². The molecule has 1 fully saturated rings. The fourth-order valence-electron chi connectivity index (χ4n) is 1.78. The maximum atomic E-state index is 12.8. The summed E-state index contributed by atoms with van der Waals surface area (Å²) in [5.74, 6) is 0. The summed E-state index contributed by atoms with van der Waals surface area (Å²) in [7, 11) is 0. The van der Waals surface area contributed by atoms with Crippen LogP contribution in [0.5, 0.6) is 0 Å². The fourth-order valence-corrected chi connectivity index (χ4v) is 1.78. The average Bonchev–Trinajstić information content (AvgIpc) is 2.10. The molecule has 0 spiro atoms.